The SMILES string of the molecule is COc1c(C2(C#N)CC2)cc(C)c(O)c1F. The quantitative estimate of drug-likeness (QED) is 0.834. The predicted molar refractivity (Wildman–Crippen MR) is 55.9 cm³/mol. The maximum absolute atomic E-state index is 13.7. The summed E-state index contributed by atoms with van der Waals surface area (Å²) in [7, 11) is 1.34. The molecule has 84 valence electrons. The number of aromatic hydroxyl groups is 1. The Kier molecular flexibility index (Phi) is 2.27. The first kappa shape index (κ1) is 10.7. The van der Waals surface area contributed by atoms with Gasteiger partial charge in [-0.25, -0.2) is 0 Å². The second kappa shape index (κ2) is 3.38. The van der Waals surface area contributed by atoms with Gasteiger partial charge < -0.3 is 9.84 Å². The van der Waals surface area contributed by atoms with Crippen molar-refractivity contribution in [3.8, 4) is 17.6 Å². The van der Waals surface area contributed by atoms with E-state index in [4.69, 9.17) is 10.00 Å². The van der Waals surface area contributed by atoms with E-state index < -0.39 is 17.0 Å². The van der Waals surface area contributed by atoms with Crippen LogP contribution < -0.4 is 4.74 Å². The number of phenols is 1. The summed E-state index contributed by atoms with van der Waals surface area (Å²) in [6, 6.07) is 3.82. The van der Waals surface area contributed by atoms with Crippen LogP contribution in [0.15, 0.2) is 6.07 Å². The van der Waals surface area contributed by atoms with Crippen LogP contribution in [0.2, 0.25) is 0 Å². The van der Waals surface area contributed by atoms with Gasteiger partial charge in [-0.1, -0.05) is 0 Å². The van der Waals surface area contributed by atoms with Crippen LogP contribution in [-0.4, -0.2) is 12.2 Å². The molecule has 1 N–H and O–H groups in total. The predicted octanol–water partition coefficient (Wildman–Crippen LogP) is 2.40. The van der Waals surface area contributed by atoms with E-state index in [0.29, 0.717) is 24.0 Å². The fourth-order valence-electron chi connectivity index (χ4n) is 1.87. The lowest BCUT2D eigenvalue weighted by atomic mass is 9.94. The van der Waals surface area contributed by atoms with E-state index >= 15 is 0 Å². The summed E-state index contributed by atoms with van der Waals surface area (Å²) in [5.41, 5.74) is 0.352. The minimum Gasteiger partial charge on any atom is -0.505 e. The van der Waals surface area contributed by atoms with Crippen LogP contribution in [0.5, 0.6) is 11.5 Å². The zero-order chi connectivity index (χ0) is 11.9. The lowest BCUT2D eigenvalue weighted by Gasteiger charge is -2.15. The second-order valence-corrected chi connectivity index (χ2v) is 4.13. The van der Waals surface area contributed by atoms with Crippen LogP contribution in [0.25, 0.3) is 0 Å². The van der Waals surface area contributed by atoms with Crippen molar-refractivity contribution in [1.82, 2.24) is 0 Å². The summed E-state index contributed by atoms with van der Waals surface area (Å²) in [5.74, 6) is -1.20. The van der Waals surface area contributed by atoms with E-state index in [-0.39, 0.29) is 5.75 Å². The Hall–Kier alpha value is -1.76. The third kappa shape index (κ3) is 1.32. The molecule has 0 heterocycles. The van der Waals surface area contributed by atoms with Gasteiger partial charge in [0.15, 0.2) is 11.5 Å². The van der Waals surface area contributed by atoms with Crippen LogP contribution in [-0.2, 0) is 5.41 Å². The number of rotatable bonds is 2. The molecule has 0 spiro atoms. The molecule has 0 bridgehead atoms. The van der Waals surface area contributed by atoms with Crippen molar-refractivity contribution >= 4 is 0 Å². The number of nitriles is 1. The molecule has 0 aliphatic heterocycles. The molecule has 0 amide bonds. The monoisotopic (exact) mass is 221 g/mol. The largest absolute Gasteiger partial charge is 0.505 e. The highest BCUT2D eigenvalue weighted by Crippen LogP contribution is 2.52. The molecular weight excluding hydrogens is 209 g/mol. The summed E-state index contributed by atoms with van der Waals surface area (Å²) in [6.45, 7) is 1.61. The van der Waals surface area contributed by atoms with Gasteiger partial charge in [-0.15, -0.1) is 0 Å². The number of nitrogens with zero attached hydrogens (tertiary/aromatic N) is 1. The van der Waals surface area contributed by atoms with Crippen LogP contribution >= 0.6 is 0 Å². The van der Waals surface area contributed by atoms with Crippen molar-refractivity contribution in [1.29, 1.82) is 5.26 Å². The molecule has 16 heavy (non-hydrogen) atoms. The molecule has 4 heteroatoms. The summed E-state index contributed by atoms with van der Waals surface area (Å²) >= 11 is 0. The van der Waals surface area contributed by atoms with Gasteiger partial charge in [0.25, 0.3) is 0 Å². The molecule has 0 saturated heterocycles. The summed E-state index contributed by atoms with van der Waals surface area (Å²) < 4.78 is 18.7. The Balaban J connectivity index is 2.67. The van der Waals surface area contributed by atoms with Gasteiger partial charge in [0.1, 0.15) is 0 Å². The lowest BCUT2D eigenvalue weighted by Crippen LogP contribution is -2.07. The molecular formula is C12H12FNO2. The molecule has 1 aliphatic carbocycles. The highest BCUT2D eigenvalue weighted by Gasteiger charge is 2.48. The topological polar surface area (TPSA) is 53.2 Å². The van der Waals surface area contributed by atoms with Crippen LogP contribution in [0, 0.1) is 24.1 Å². The summed E-state index contributed by atoms with van der Waals surface area (Å²) in [6.07, 6.45) is 1.42. The minimum atomic E-state index is -0.779. The average Bonchev–Trinajstić information content (AvgIpc) is 3.06. The van der Waals surface area contributed by atoms with Gasteiger partial charge in [-0.2, -0.15) is 9.65 Å². The zero-order valence-corrected chi connectivity index (χ0v) is 9.17. The molecule has 1 aliphatic rings. The molecule has 0 atom stereocenters. The maximum Gasteiger partial charge on any atom is 0.207 e. The van der Waals surface area contributed by atoms with E-state index in [9.17, 15) is 9.50 Å². The van der Waals surface area contributed by atoms with E-state index in [2.05, 4.69) is 6.07 Å². The summed E-state index contributed by atoms with van der Waals surface area (Å²) in [4.78, 5) is 0. The zero-order valence-electron chi connectivity index (χ0n) is 9.17. The molecule has 1 saturated carbocycles. The van der Waals surface area contributed by atoms with Crippen molar-refractivity contribution in [2.75, 3.05) is 7.11 Å². The van der Waals surface area contributed by atoms with Crippen LogP contribution in [0.4, 0.5) is 4.39 Å². The van der Waals surface area contributed by atoms with Crippen molar-refractivity contribution < 1.29 is 14.2 Å². The fourth-order valence-corrected chi connectivity index (χ4v) is 1.87. The minimum absolute atomic E-state index is 0.0119. The van der Waals surface area contributed by atoms with Gasteiger partial charge in [0.05, 0.1) is 18.6 Å². The smallest absolute Gasteiger partial charge is 0.207 e. The fraction of sp³-hybridized carbons (Fsp3) is 0.417. The number of hydrogen-bond donors (Lipinski definition) is 1. The standard InChI is InChI=1S/C12H12FNO2/c1-7-5-8(12(6-14)3-4-12)11(16-2)9(13)10(7)15/h5,15H,3-4H2,1-2H3. The Bertz CT molecular complexity index is 487. The number of hydrogen-bond acceptors (Lipinski definition) is 3. The molecule has 3 nitrogen and oxygen atoms in total. The van der Waals surface area contributed by atoms with Gasteiger partial charge in [-0.3, -0.25) is 0 Å². The Morgan fingerprint density at radius 2 is 2.19 bits per heavy atom. The number of aryl methyl sites for hydroxylation is 1. The number of methoxy groups -OCH3 is 1. The molecule has 2 rings (SSSR count). The second-order valence-electron chi connectivity index (χ2n) is 4.13. The van der Waals surface area contributed by atoms with E-state index in [1.54, 1.807) is 13.0 Å². The third-order valence-corrected chi connectivity index (χ3v) is 3.07. The Labute approximate surface area is 93.1 Å². The highest BCUT2D eigenvalue weighted by atomic mass is 19.1. The van der Waals surface area contributed by atoms with E-state index in [0.717, 1.165) is 0 Å². The van der Waals surface area contributed by atoms with Gasteiger partial charge in [0.2, 0.25) is 5.82 Å². The van der Waals surface area contributed by atoms with Gasteiger partial charge >= 0.3 is 0 Å². The van der Waals surface area contributed by atoms with Crippen molar-refractivity contribution in [3.63, 3.8) is 0 Å². The van der Waals surface area contributed by atoms with Crippen molar-refractivity contribution in [2.45, 2.75) is 25.2 Å². The van der Waals surface area contributed by atoms with Crippen molar-refractivity contribution in [3.05, 3.63) is 23.0 Å². The lowest BCUT2D eigenvalue weighted by molar-refractivity contribution is 0.357. The molecule has 0 radical (unpaired) electrons. The molecule has 1 aromatic rings. The molecule has 1 fully saturated rings. The number of phenolic OH excluding ortho intramolecular Hbond substituents is 1. The average molecular weight is 221 g/mol. The van der Waals surface area contributed by atoms with Crippen LogP contribution in [0.3, 0.4) is 0 Å². The Morgan fingerprint density at radius 3 is 2.62 bits per heavy atom. The number of halogens is 1. The van der Waals surface area contributed by atoms with Crippen LogP contribution in [0.1, 0.15) is 24.0 Å². The Morgan fingerprint density at radius 1 is 1.56 bits per heavy atom. The van der Waals surface area contributed by atoms with E-state index in [1.807, 2.05) is 0 Å². The number of ether oxygens (including phenoxy) is 1. The first-order valence-electron chi connectivity index (χ1n) is 5.03. The molecule has 1 aromatic carbocycles. The molecule has 0 aromatic heterocycles. The summed E-state index contributed by atoms with van der Waals surface area (Å²) in [5, 5.41) is 18.6. The number of benzene rings is 1. The third-order valence-electron chi connectivity index (χ3n) is 3.07. The van der Waals surface area contributed by atoms with Gasteiger partial charge in [0, 0.05) is 5.56 Å². The normalized spacial score (nSPS) is 16.6. The highest BCUT2D eigenvalue weighted by molar-refractivity contribution is 5.54. The van der Waals surface area contributed by atoms with Crippen molar-refractivity contribution in [2.24, 2.45) is 0 Å². The maximum atomic E-state index is 13.7. The van der Waals surface area contributed by atoms with Gasteiger partial charge in [-0.05, 0) is 31.4 Å². The van der Waals surface area contributed by atoms with E-state index in [1.165, 1.54) is 7.11 Å². The first-order valence-corrected chi connectivity index (χ1v) is 5.03. The molecule has 0 unspecified atom stereocenters. The first-order chi connectivity index (χ1) is 7.55.